The highest BCUT2D eigenvalue weighted by Gasteiger charge is 2.15. The lowest BCUT2D eigenvalue weighted by atomic mass is 10.2. The molecular formula is C20H23N3O6. The van der Waals surface area contributed by atoms with Gasteiger partial charge in [-0.2, -0.15) is 0 Å². The molecule has 0 aliphatic heterocycles. The van der Waals surface area contributed by atoms with Gasteiger partial charge in [-0.15, -0.1) is 0 Å². The van der Waals surface area contributed by atoms with Gasteiger partial charge in [0.15, 0.2) is 12.7 Å². The van der Waals surface area contributed by atoms with Gasteiger partial charge in [-0.3, -0.25) is 25.2 Å². The van der Waals surface area contributed by atoms with Gasteiger partial charge in [0.25, 0.3) is 11.8 Å². The zero-order chi connectivity index (χ0) is 21.2. The average molecular weight is 401 g/mol. The first-order valence-corrected chi connectivity index (χ1v) is 8.90. The summed E-state index contributed by atoms with van der Waals surface area (Å²) in [5, 5.41) is 0. The molecule has 0 bridgehead atoms. The molecule has 0 radical (unpaired) electrons. The molecule has 4 N–H and O–H groups in total. The summed E-state index contributed by atoms with van der Waals surface area (Å²) >= 11 is 0. The lowest BCUT2D eigenvalue weighted by Crippen LogP contribution is -2.48. The highest BCUT2D eigenvalue weighted by Crippen LogP contribution is 2.18. The molecule has 1 atom stereocenters. The van der Waals surface area contributed by atoms with Crippen LogP contribution in [0.1, 0.15) is 24.2 Å². The standard InChI is InChI=1S/C20H23N3O6/c1-3-27-15-8-10-17(11-9-15)29-13(2)20(26)23-22-18(24)12-28-16-6-4-14(5-7-16)19(21)25/h4-11,13H,3,12H2,1-2H3,(H2,21,25)(H,22,24)(H,23,26). The van der Waals surface area contributed by atoms with Gasteiger partial charge in [0.1, 0.15) is 17.2 Å². The third-order valence-electron chi connectivity index (χ3n) is 3.65. The van der Waals surface area contributed by atoms with Crippen molar-refractivity contribution in [1.82, 2.24) is 10.9 Å². The van der Waals surface area contributed by atoms with Gasteiger partial charge >= 0.3 is 0 Å². The maximum atomic E-state index is 12.0. The van der Waals surface area contributed by atoms with Crippen molar-refractivity contribution in [3.63, 3.8) is 0 Å². The number of benzene rings is 2. The third-order valence-corrected chi connectivity index (χ3v) is 3.65. The van der Waals surface area contributed by atoms with Crippen LogP contribution in [0, 0.1) is 0 Å². The van der Waals surface area contributed by atoms with Crippen LogP contribution in [0.3, 0.4) is 0 Å². The van der Waals surface area contributed by atoms with Crippen LogP contribution in [-0.4, -0.2) is 37.0 Å². The Morgan fingerprint density at radius 2 is 1.45 bits per heavy atom. The first kappa shape index (κ1) is 21.5. The van der Waals surface area contributed by atoms with Crippen molar-refractivity contribution >= 4 is 17.7 Å². The van der Waals surface area contributed by atoms with E-state index < -0.39 is 23.8 Å². The average Bonchev–Trinajstić information content (AvgIpc) is 2.72. The first-order chi connectivity index (χ1) is 13.9. The molecule has 3 amide bonds. The monoisotopic (exact) mass is 401 g/mol. The second kappa shape index (κ2) is 10.5. The van der Waals surface area contributed by atoms with Crippen LogP contribution in [0.15, 0.2) is 48.5 Å². The summed E-state index contributed by atoms with van der Waals surface area (Å²) in [5.41, 5.74) is 9.98. The maximum Gasteiger partial charge on any atom is 0.279 e. The van der Waals surface area contributed by atoms with Crippen molar-refractivity contribution in [2.75, 3.05) is 13.2 Å². The molecule has 0 heterocycles. The van der Waals surface area contributed by atoms with Gasteiger partial charge in [0.05, 0.1) is 6.61 Å². The summed E-state index contributed by atoms with van der Waals surface area (Å²) in [7, 11) is 0. The predicted molar refractivity (Wildman–Crippen MR) is 104 cm³/mol. The molecule has 2 aromatic carbocycles. The van der Waals surface area contributed by atoms with Crippen molar-refractivity contribution in [2.24, 2.45) is 5.73 Å². The Bertz CT molecular complexity index is 836. The molecule has 0 aromatic heterocycles. The van der Waals surface area contributed by atoms with Crippen LogP contribution in [0.4, 0.5) is 0 Å². The number of hydrogen-bond donors (Lipinski definition) is 3. The number of amides is 3. The molecule has 1 unspecified atom stereocenters. The van der Waals surface area contributed by atoms with Crippen LogP contribution in [0.5, 0.6) is 17.2 Å². The van der Waals surface area contributed by atoms with E-state index >= 15 is 0 Å². The van der Waals surface area contributed by atoms with Crippen molar-refractivity contribution in [3.8, 4) is 17.2 Å². The van der Waals surface area contributed by atoms with Crippen LogP contribution < -0.4 is 30.8 Å². The topological polar surface area (TPSA) is 129 Å². The quantitative estimate of drug-likeness (QED) is 0.541. The Kier molecular flexibility index (Phi) is 7.84. The smallest absolute Gasteiger partial charge is 0.279 e. The van der Waals surface area contributed by atoms with E-state index in [9.17, 15) is 14.4 Å². The van der Waals surface area contributed by atoms with Crippen molar-refractivity contribution < 1.29 is 28.6 Å². The van der Waals surface area contributed by atoms with Crippen molar-refractivity contribution in [3.05, 3.63) is 54.1 Å². The molecular weight excluding hydrogens is 378 g/mol. The van der Waals surface area contributed by atoms with Gasteiger partial charge < -0.3 is 19.9 Å². The van der Waals surface area contributed by atoms with Crippen molar-refractivity contribution in [2.45, 2.75) is 20.0 Å². The zero-order valence-corrected chi connectivity index (χ0v) is 16.1. The highest BCUT2D eigenvalue weighted by molar-refractivity contribution is 5.92. The molecule has 0 aliphatic carbocycles. The summed E-state index contributed by atoms with van der Waals surface area (Å²) < 4.78 is 16.1. The van der Waals surface area contributed by atoms with E-state index in [1.165, 1.54) is 24.3 Å². The number of primary amides is 1. The number of ether oxygens (including phenoxy) is 3. The Labute approximate surface area is 168 Å². The minimum atomic E-state index is -0.837. The second-order valence-electron chi connectivity index (χ2n) is 5.88. The van der Waals surface area contributed by atoms with Crippen LogP contribution >= 0.6 is 0 Å². The van der Waals surface area contributed by atoms with Crippen molar-refractivity contribution in [1.29, 1.82) is 0 Å². The Hall–Kier alpha value is -3.75. The molecule has 29 heavy (non-hydrogen) atoms. The van der Waals surface area contributed by atoms with E-state index in [4.69, 9.17) is 19.9 Å². The molecule has 0 fully saturated rings. The van der Waals surface area contributed by atoms with Gasteiger partial charge in [0.2, 0.25) is 5.91 Å². The van der Waals surface area contributed by atoms with Crippen LogP contribution in [0.25, 0.3) is 0 Å². The van der Waals surface area contributed by atoms with E-state index in [0.717, 1.165) is 0 Å². The molecule has 9 nitrogen and oxygen atoms in total. The summed E-state index contributed by atoms with van der Waals surface area (Å²) in [6.45, 7) is 3.66. The highest BCUT2D eigenvalue weighted by atomic mass is 16.5. The fraction of sp³-hybridized carbons (Fsp3) is 0.250. The number of nitrogens with two attached hydrogens (primary N) is 1. The second-order valence-corrected chi connectivity index (χ2v) is 5.88. The summed E-state index contributed by atoms with van der Waals surface area (Å²) in [5.74, 6) is -0.0791. The lowest BCUT2D eigenvalue weighted by molar-refractivity contribution is -0.133. The van der Waals surface area contributed by atoms with E-state index in [1.54, 1.807) is 31.2 Å². The summed E-state index contributed by atoms with van der Waals surface area (Å²) in [6.07, 6.45) is -0.837. The summed E-state index contributed by atoms with van der Waals surface area (Å²) in [4.78, 5) is 34.8. The molecule has 154 valence electrons. The summed E-state index contributed by atoms with van der Waals surface area (Å²) in [6, 6.07) is 12.8. The first-order valence-electron chi connectivity index (χ1n) is 8.90. The van der Waals surface area contributed by atoms with E-state index in [0.29, 0.717) is 29.4 Å². The van der Waals surface area contributed by atoms with Crippen LogP contribution in [-0.2, 0) is 9.59 Å². The van der Waals surface area contributed by atoms with E-state index in [2.05, 4.69) is 10.9 Å². The van der Waals surface area contributed by atoms with Gasteiger partial charge in [-0.25, -0.2) is 0 Å². The minimum Gasteiger partial charge on any atom is -0.494 e. The number of carbonyl (C=O) groups is 3. The van der Waals surface area contributed by atoms with Gasteiger partial charge in [-0.05, 0) is 62.4 Å². The minimum absolute atomic E-state index is 0.329. The number of rotatable bonds is 9. The fourth-order valence-electron chi connectivity index (χ4n) is 2.17. The fourth-order valence-corrected chi connectivity index (χ4v) is 2.17. The van der Waals surface area contributed by atoms with E-state index in [1.807, 2.05) is 6.92 Å². The van der Waals surface area contributed by atoms with E-state index in [-0.39, 0.29) is 6.61 Å². The predicted octanol–water partition coefficient (Wildman–Crippen LogP) is 1.18. The Morgan fingerprint density at radius 3 is 2.03 bits per heavy atom. The molecule has 0 aliphatic rings. The van der Waals surface area contributed by atoms with Crippen LogP contribution in [0.2, 0.25) is 0 Å². The Morgan fingerprint density at radius 1 is 0.897 bits per heavy atom. The lowest BCUT2D eigenvalue weighted by Gasteiger charge is -2.15. The number of hydrazine groups is 1. The number of carbonyl (C=O) groups excluding carboxylic acids is 3. The largest absolute Gasteiger partial charge is 0.494 e. The third kappa shape index (κ3) is 7.06. The zero-order valence-electron chi connectivity index (χ0n) is 16.1. The Balaban J connectivity index is 1.72. The van der Waals surface area contributed by atoms with Gasteiger partial charge in [0, 0.05) is 5.56 Å². The maximum absolute atomic E-state index is 12.0. The molecule has 0 spiro atoms. The molecule has 9 heteroatoms. The molecule has 0 saturated carbocycles. The van der Waals surface area contributed by atoms with Gasteiger partial charge in [-0.1, -0.05) is 0 Å². The number of nitrogens with one attached hydrogen (secondary N) is 2. The number of hydrogen-bond acceptors (Lipinski definition) is 6. The molecule has 2 rings (SSSR count). The normalized spacial score (nSPS) is 11.1. The molecule has 0 saturated heterocycles. The SMILES string of the molecule is CCOc1ccc(OC(C)C(=O)NNC(=O)COc2ccc(C(N)=O)cc2)cc1. The molecule has 2 aromatic rings.